The molecule has 0 saturated carbocycles. The Morgan fingerprint density at radius 3 is 2.40 bits per heavy atom. The van der Waals surface area contributed by atoms with Crippen molar-refractivity contribution in [1.82, 2.24) is 5.32 Å². The van der Waals surface area contributed by atoms with Crippen molar-refractivity contribution in [2.45, 2.75) is 51.7 Å². The van der Waals surface area contributed by atoms with Gasteiger partial charge in [0.15, 0.2) is 0 Å². The highest BCUT2D eigenvalue weighted by atomic mass is 19.4. The first-order chi connectivity index (χ1) is 9.38. The smallest absolute Gasteiger partial charge is 0.314 e. The van der Waals surface area contributed by atoms with Crippen molar-refractivity contribution in [2.75, 3.05) is 6.54 Å². The van der Waals surface area contributed by atoms with Gasteiger partial charge < -0.3 is 5.32 Å². The fraction of sp³-hybridized carbons (Fsp3) is 0.600. The lowest BCUT2D eigenvalue weighted by atomic mass is 10.0. The molecule has 0 fully saturated rings. The molecule has 1 unspecified atom stereocenters. The standard InChI is InChI=1S/C15H21F4N/c1-3-9-20-12(4-2)7-5-11-6-8-13(14(16)10-11)15(17,18)19/h6,8,10,12,20H,3-5,7,9H2,1-2H3. The molecule has 1 rings (SSSR count). The Balaban J connectivity index is 2.63. The summed E-state index contributed by atoms with van der Waals surface area (Å²) in [6.07, 6.45) is -1.28. The fourth-order valence-electron chi connectivity index (χ4n) is 2.08. The maximum absolute atomic E-state index is 13.4. The quantitative estimate of drug-likeness (QED) is 0.726. The largest absolute Gasteiger partial charge is 0.419 e. The second-order valence-corrected chi connectivity index (χ2v) is 4.91. The first-order valence-electron chi connectivity index (χ1n) is 6.97. The van der Waals surface area contributed by atoms with Gasteiger partial charge in [0.25, 0.3) is 0 Å². The predicted molar refractivity (Wildman–Crippen MR) is 72.1 cm³/mol. The second kappa shape index (κ2) is 7.62. The molecule has 0 spiro atoms. The lowest BCUT2D eigenvalue weighted by Gasteiger charge is -2.16. The summed E-state index contributed by atoms with van der Waals surface area (Å²) in [5, 5.41) is 3.37. The van der Waals surface area contributed by atoms with Crippen LogP contribution in [0.25, 0.3) is 0 Å². The Hall–Kier alpha value is -1.10. The van der Waals surface area contributed by atoms with E-state index in [2.05, 4.69) is 19.2 Å². The van der Waals surface area contributed by atoms with Crippen molar-refractivity contribution in [1.29, 1.82) is 0 Å². The first-order valence-corrected chi connectivity index (χ1v) is 6.97. The minimum absolute atomic E-state index is 0.320. The van der Waals surface area contributed by atoms with Gasteiger partial charge in [0, 0.05) is 6.04 Å². The Morgan fingerprint density at radius 2 is 1.90 bits per heavy atom. The highest BCUT2D eigenvalue weighted by Crippen LogP contribution is 2.31. The van der Waals surface area contributed by atoms with Crippen molar-refractivity contribution < 1.29 is 17.6 Å². The van der Waals surface area contributed by atoms with Gasteiger partial charge in [-0.2, -0.15) is 13.2 Å². The van der Waals surface area contributed by atoms with Crippen LogP contribution in [0.2, 0.25) is 0 Å². The van der Waals surface area contributed by atoms with E-state index >= 15 is 0 Å². The topological polar surface area (TPSA) is 12.0 Å². The van der Waals surface area contributed by atoms with E-state index in [4.69, 9.17) is 0 Å². The van der Waals surface area contributed by atoms with E-state index in [-0.39, 0.29) is 0 Å². The predicted octanol–water partition coefficient (Wildman–Crippen LogP) is 4.56. The van der Waals surface area contributed by atoms with Gasteiger partial charge in [-0.3, -0.25) is 0 Å². The number of hydrogen-bond acceptors (Lipinski definition) is 1. The van der Waals surface area contributed by atoms with E-state index in [1.54, 1.807) is 0 Å². The molecule has 5 heteroatoms. The van der Waals surface area contributed by atoms with Gasteiger partial charge in [-0.1, -0.05) is 19.9 Å². The molecule has 1 atom stereocenters. The summed E-state index contributed by atoms with van der Waals surface area (Å²) in [4.78, 5) is 0. The number of halogens is 4. The average Bonchev–Trinajstić information content (AvgIpc) is 2.37. The molecule has 0 amide bonds. The summed E-state index contributed by atoms with van der Waals surface area (Å²) in [6.45, 7) is 5.05. The van der Waals surface area contributed by atoms with Gasteiger partial charge in [0.1, 0.15) is 5.82 Å². The molecule has 1 aromatic rings. The van der Waals surface area contributed by atoms with Gasteiger partial charge in [-0.15, -0.1) is 0 Å². The van der Waals surface area contributed by atoms with Crippen LogP contribution in [0.1, 0.15) is 44.2 Å². The molecule has 0 aromatic heterocycles. The highest BCUT2D eigenvalue weighted by molar-refractivity contribution is 5.26. The number of benzene rings is 1. The van der Waals surface area contributed by atoms with Crippen molar-refractivity contribution in [3.05, 3.63) is 35.1 Å². The Kier molecular flexibility index (Phi) is 6.46. The Morgan fingerprint density at radius 1 is 1.20 bits per heavy atom. The average molecular weight is 291 g/mol. The third-order valence-corrected chi connectivity index (χ3v) is 3.30. The Bertz CT molecular complexity index is 415. The minimum Gasteiger partial charge on any atom is -0.314 e. The molecular weight excluding hydrogens is 270 g/mol. The highest BCUT2D eigenvalue weighted by Gasteiger charge is 2.33. The molecule has 0 radical (unpaired) electrons. The van der Waals surface area contributed by atoms with Crippen molar-refractivity contribution in [3.8, 4) is 0 Å². The van der Waals surface area contributed by atoms with E-state index in [1.165, 1.54) is 6.07 Å². The number of alkyl halides is 3. The van der Waals surface area contributed by atoms with Crippen molar-refractivity contribution in [3.63, 3.8) is 0 Å². The summed E-state index contributed by atoms with van der Waals surface area (Å²) < 4.78 is 50.7. The van der Waals surface area contributed by atoms with Gasteiger partial charge >= 0.3 is 6.18 Å². The molecular formula is C15H21F4N. The fourth-order valence-corrected chi connectivity index (χ4v) is 2.08. The molecule has 0 aliphatic carbocycles. The van der Waals surface area contributed by atoms with Crippen LogP contribution >= 0.6 is 0 Å². The van der Waals surface area contributed by atoms with Gasteiger partial charge in [0.2, 0.25) is 0 Å². The van der Waals surface area contributed by atoms with E-state index < -0.39 is 17.6 Å². The molecule has 0 heterocycles. The SMILES string of the molecule is CCCNC(CC)CCc1ccc(C(F)(F)F)c(F)c1. The molecule has 1 N–H and O–H groups in total. The van der Waals surface area contributed by atoms with Crippen molar-refractivity contribution in [2.24, 2.45) is 0 Å². The van der Waals surface area contributed by atoms with E-state index in [9.17, 15) is 17.6 Å². The van der Waals surface area contributed by atoms with Crippen LogP contribution in [0.15, 0.2) is 18.2 Å². The lowest BCUT2D eigenvalue weighted by Crippen LogP contribution is -2.29. The molecule has 0 bridgehead atoms. The summed E-state index contributed by atoms with van der Waals surface area (Å²) in [6, 6.07) is 3.50. The summed E-state index contributed by atoms with van der Waals surface area (Å²) >= 11 is 0. The minimum atomic E-state index is -4.63. The van der Waals surface area contributed by atoms with Crippen LogP contribution in [-0.4, -0.2) is 12.6 Å². The third kappa shape index (κ3) is 5.12. The number of rotatable bonds is 7. The number of aryl methyl sites for hydroxylation is 1. The summed E-state index contributed by atoms with van der Waals surface area (Å²) in [5.74, 6) is -1.19. The molecule has 0 saturated heterocycles. The Labute approximate surface area is 117 Å². The zero-order chi connectivity index (χ0) is 15.2. The number of nitrogens with one attached hydrogen (secondary N) is 1. The van der Waals surface area contributed by atoms with Crippen LogP contribution in [-0.2, 0) is 12.6 Å². The monoisotopic (exact) mass is 291 g/mol. The maximum atomic E-state index is 13.4. The molecule has 1 nitrogen and oxygen atoms in total. The summed E-state index contributed by atoms with van der Waals surface area (Å²) in [7, 11) is 0. The maximum Gasteiger partial charge on any atom is 0.419 e. The van der Waals surface area contributed by atoms with Crippen LogP contribution in [0.4, 0.5) is 17.6 Å². The summed E-state index contributed by atoms with van der Waals surface area (Å²) in [5.41, 5.74) is -0.593. The molecule has 0 aliphatic heterocycles. The normalized spacial score (nSPS) is 13.5. The zero-order valence-corrected chi connectivity index (χ0v) is 11.9. The van der Waals surface area contributed by atoms with Gasteiger partial charge in [-0.25, -0.2) is 4.39 Å². The van der Waals surface area contributed by atoms with Crippen molar-refractivity contribution >= 4 is 0 Å². The molecule has 20 heavy (non-hydrogen) atoms. The van der Waals surface area contributed by atoms with E-state index in [1.807, 2.05) is 0 Å². The van der Waals surface area contributed by atoms with Crippen LogP contribution in [0, 0.1) is 5.82 Å². The van der Waals surface area contributed by atoms with Gasteiger partial charge in [0.05, 0.1) is 5.56 Å². The zero-order valence-electron chi connectivity index (χ0n) is 11.9. The van der Waals surface area contributed by atoms with E-state index in [0.717, 1.165) is 37.9 Å². The lowest BCUT2D eigenvalue weighted by molar-refractivity contribution is -0.140. The third-order valence-electron chi connectivity index (χ3n) is 3.30. The first kappa shape index (κ1) is 17.0. The van der Waals surface area contributed by atoms with Crippen LogP contribution in [0.5, 0.6) is 0 Å². The van der Waals surface area contributed by atoms with Gasteiger partial charge in [-0.05, 0) is 49.9 Å². The van der Waals surface area contributed by atoms with Crippen LogP contribution in [0.3, 0.4) is 0 Å². The second-order valence-electron chi connectivity index (χ2n) is 4.91. The molecule has 114 valence electrons. The van der Waals surface area contributed by atoms with E-state index in [0.29, 0.717) is 18.0 Å². The molecule has 1 aromatic carbocycles. The van der Waals surface area contributed by atoms with Crippen LogP contribution < -0.4 is 5.32 Å². The number of hydrogen-bond donors (Lipinski definition) is 1. The molecule has 0 aliphatic rings.